The molecule has 0 aliphatic rings. The summed E-state index contributed by atoms with van der Waals surface area (Å²) in [7, 11) is 1.87. The van der Waals surface area contributed by atoms with Crippen molar-refractivity contribution in [1.82, 2.24) is 15.2 Å². The SMILES string of the molecule is Cn1nc(CNN)cc1Br. The summed E-state index contributed by atoms with van der Waals surface area (Å²) < 4.78 is 2.70. The van der Waals surface area contributed by atoms with Crippen molar-refractivity contribution in [2.24, 2.45) is 12.9 Å². The van der Waals surface area contributed by atoms with Crippen molar-refractivity contribution in [2.75, 3.05) is 0 Å². The molecule has 1 heterocycles. The van der Waals surface area contributed by atoms with Crippen molar-refractivity contribution in [1.29, 1.82) is 0 Å². The van der Waals surface area contributed by atoms with Gasteiger partial charge in [0.2, 0.25) is 0 Å². The Bertz CT molecular complexity index is 200. The Morgan fingerprint density at radius 3 is 3.00 bits per heavy atom. The molecule has 1 aromatic rings. The van der Waals surface area contributed by atoms with Crippen LogP contribution in [0.1, 0.15) is 5.69 Å². The van der Waals surface area contributed by atoms with E-state index in [0.717, 1.165) is 10.3 Å². The Balaban J connectivity index is 2.77. The zero-order valence-corrected chi connectivity index (χ0v) is 7.22. The first-order valence-corrected chi connectivity index (χ1v) is 3.65. The summed E-state index contributed by atoms with van der Waals surface area (Å²) in [6, 6.07) is 1.92. The number of nitrogens with one attached hydrogen (secondary N) is 1. The molecule has 0 atom stereocenters. The molecular formula is C5H9BrN4. The molecule has 0 bridgehead atoms. The molecule has 0 fully saturated rings. The van der Waals surface area contributed by atoms with Gasteiger partial charge in [-0.2, -0.15) is 5.10 Å². The van der Waals surface area contributed by atoms with Crippen molar-refractivity contribution >= 4 is 15.9 Å². The molecule has 5 heteroatoms. The van der Waals surface area contributed by atoms with Gasteiger partial charge in [-0.25, -0.2) is 0 Å². The molecule has 0 aliphatic heterocycles. The van der Waals surface area contributed by atoms with E-state index in [1.807, 2.05) is 13.1 Å². The van der Waals surface area contributed by atoms with Crippen LogP contribution in [0.5, 0.6) is 0 Å². The van der Waals surface area contributed by atoms with Gasteiger partial charge in [0.15, 0.2) is 0 Å². The molecule has 10 heavy (non-hydrogen) atoms. The zero-order valence-electron chi connectivity index (χ0n) is 5.63. The fraction of sp³-hybridized carbons (Fsp3) is 0.400. The largest absolute Gasteiger partial charge is 0.271 e. The van der Waals surface area contributed by atoms with Gasteiger partial charge in [0.25, 0.3) is 0 Å². The maximum atomic E-state index is 5.11. The third-order valence-corrected chi connectivity index (χ3v) is 1.90. The molecule has 0 aliphatic carbocycles. The van der Waals surface area contributed by atoms with Crippen molar-refractivity contribution < 1.29 is 0 Å². The summed E-state index contributed by atoms with van der Waals surface area (Å²) in [5.41, 5.74) is 3.46. The van der Waals surface area contributed by atoms with E-state index >= 15 is 0 Å². The molecular weight excluding hydrogens is 196 g/mol. The van der Waals surface area contributed by atoms with Crippen LogP contribution in [0.3, 0.4) is 0 Å². The van der Waals surface area contributed by atoms with Gasteiger partial charge in [-0.1, -0.05) is 0 Å². The Hall–Kier alpha value is -0.390. The zero-order chi connectivity index (χ0) is 7.56. The van der Waals surface area contributed by atoms with Crippen LogP contribution in [0.4, 0.5) is 0 Å². The first kappa shape index (κ1) is 7.71. The lowest BCUT2D eigenvalue weighted by atomic mass is 10.4. The second-order valence-electron chi connectivity index (χ2n) is 1.96. The monoisotopic (exact) mass is 204 g/mol. The predicted octanol–water partition coefficient (Wildman–Crippen LogP) is 0.146. The van der Waals surface area contributed by atoms with E-state index in [0.29, 0.717) is 6.54 Å². The number of aromatic nitrogens is 2. The second kappa shape index (κ2) is 3.14. The fourth-order valence-corrected chi connectivity index (χ4v) is 1.03. The summed E-state index contributed by atoms with van der Waals surface area (Å²) in [6.07, 6.45) is 0. The third-order valence-electron chi connectivity index (χ3n) is 1.16. The number of rotatable bonds is 2. The van der Waals surface area contributed by atoms with E-state index in [1.54, 1.807) is 4.68 Å². The summed E-state index contributed by atoms with van der Waals surface area (Å²) in [4.78, 5) is 0. The molecule has 0 unspecified atom stereocenters. The molecule has 3 N–H and O–H groups in total. The second-order valence-corrected chi connectivity index (χ2v) is 2.78. The average molecular weight is 205 g/mol. The van der Waals surface area contributed by atoms with Gasteiger partial charge < -0.3 is 0 Å². The molecule has 1 rings (SSSR count). The van der Waals surface area contributed by atoms with Crippen LogP contribution in [0.15, 0.2) is 10.7 Å². The van der Waals surface area contributed by atoms with Crippen LogP contribution in [-0.4, -0.2) is 9.78 Å². The Labute approximate surface area is 67.5 Å². The number of aryl methyl sites for hydroxylation is 1. The minimum absolute atomic E-state index is 0.597. The van der Waals surface area contributed by atoms with Gasteiger partial charge in [0, 0.05) is 7.05 Å². The molecule has 0 aromatic carbocycles. The summed E-state index contributed by atoms with van der Waals surface area (Å²) in [5.74, 6) is 5.11. The quantitative estimate of drug-likeness (QED) is 0.533. The van der Waals surface area contributed by atoms with E-state index in [1.165, 1.54) is 0 Å². The normalized spacial score (nSPS) is 10.3. The highest BCUT2D eigenvalue weighted by molar-refractivity contribution is 9.10. The van der Waals surface area contributed by atoms with Crippen LogP contribution in [0.2, 0.25) is 0 Å². The topological polar surface area (TPSA) is 55.9 Å². The summed E-state index contributed by atoms with van der Waals surface area (Å²) >= 11 is 3.32. The van der Waals surface area contributed by atoms with Crippen molar-refractivity contribution in [3.8, 4) is 0 Å². The molecule has 0 saturated carbocycles. The van der Waals surface area contributed by atoms with E-state index in [4.69, 9.17) is 5.84 Å². The minimum atomic E-state index is 0.597. The third kappa shape index (κ3) is 1.56. The lowest BCUT2D eigenvalue weighted by Crippen LogP contribution is -2.21. The van der Waals surface area contributed by atoms with E-state index in [-0.39, 0.29) is 0 Å². The molecule has 0 saturated heterocycles. The van der Waals surface area contributed by atoms with Crippen molar-refractivity contribution in [2.45, 2.75) is 6.54 Å². The first-order valence-electron chi connectivity index (χ1n) is 2.86. The van der Waals surface area contributed by atoms with Crippen LogP contribution in [0.25, 0.3) is 0 Å². The highest BCUT2D eigenvalue weighted by Crippen LogP contribution is 2.09. The molecule has 0 radical (unpaired) electrons. The fourth-order valence-electron chi connectivity index (χ4n) is 0.691. The van der Waals surface area contributed by atoms with Crippen molar-refractivity contribution in [3.05, 3.63) is 16.4 Å². The van der Waals surface area contributed by atoms with Gasteiger partial charge in [0.1, 0.15) is 4.60 Å². The smallest absolute Gasteiger partial charge is 0.104 e. The van der Waals surface area contributed by atoms with Gasteiger partial charge in [-0.05, 0) is 22.0 Å². The number of hydrazine groups is 1. The Kier molecular flexibility index (Phi) is 2.42. The number of halogens is 1. The number of nitrogens with zero attached hydrogens (tertiary/aromatic N) is 2. The predicted molar refractivity (Wildman–Crippen MR) is 41.9 cm³/mol. The van der Waals surface area contributed by atoms with Crippen molar-refractivity contribution in [3.63, 3.8) is 0 Å². The number of nitrogens with two attached hydrogens (primary N) is 1. The molecule has 0 amide bonds. The Morgan fingerprint density at radius 1 is 1.90 bits per heavy atom. The Morgan fingerprint density at radius 2 is 2.60 bits per heavy atom. The maximum absolute atomic E-state index is 5.11. The van der Waals surface area contributed by atoms with Gasteiger partial charge in [-0.3, -0.25) is 16.0 Å². The molecule has 4 nitrogen and oxygen atoms in total. The summed E-state index contributed by atoms with van der Waals surface area (Å²) in [5, 5.41) is 4.13. The average Bonchev–Trinajstić information content (AvgIpc) is 2.14. The van der Waals surface area contributed by atoms with E-state index in [9.17, 15) is 0 Å². The number of hydrogen-bond donors (Lipinski definition) is 2. The van der Waals surface area contributed by atoms with E-state index in [2.05, 4.69) is 26.5 Å². The minimum Gasteiger partial charge on any atom is -0.271 e. The van der Waals surface area contributed by atoms with Gasteiger partial charge in [0.05, 0.1) is 12.2 Å². The standard InChI is InChI=1S/C5H9BrN4/c1-10-5(6)2-4(9-10)3-8-7/h2,8H,3,7H2,1H3. The van der Waals surface area contributed by atoms with Crippen LogP contribution in [0, 0.1) is 0 Å². The lowest BCUT2D eigenvalue weighted by molar-refractivity contribution is 0.678. The molecule has 1 aromatic heterocycles. The number of hydrogen-bond acceptors (Lipinski definition) is 3. The van der Waals surface area contributed by atoms with Gasteiger partial charge in [-0.15, -0.1) is 0 Å². The first-order chi connectivity index (χ1) is 4.74. The highest BCUT2D eigenvalue weighted by Gasteiger charge is 1.99. The van der Waals surface area contributed by atoms with Gasteiger partial charge >= 0.3 is 0 Å². The molecule has 56 valence electrons. The van der Waals surface area contributed by atoms with E-state index < -0.39 is 0 Å². The van der Waals surface area contributed by atoms with Crippen LogP contribution >= 0.6 is 15.9 Å². The lowest BCUT2D eigenvalue weighted by Gasteiger charge is -1.90. The highest BCUT2D eigenvalue weighted by atomic mass is 79.9. The van der Waals surface area contributed by atoms with Crippen LogP contribution in [-0.2, 0) is 13.6 Å². The maximum Gasteiger partial charge on any atom is 0.104 e. The van der Waals surface area contributed by atoms with Crippen LogP contribution < -0.4 is 11.3 Å². The molecule has 0 spiro atoms. The summed E-state index contributed by atoms with van der Waals surface area (Å²) in [6.45, 7) is 0.597.